The summed E-state index contributed by atoms with van der Waals surface area (Å²) in [6.07, 6.45) is 3.90. The highest BCUT2D eigenvalue weighted by Crippen LogP contribution is 2.31. The second-order valence-corrected chi connectivity index (χ2v) is 6.36. The van der Waals surface area contributed by atoms with E-state index in [1.807, 2.05) is 0 Å². The van der Waals surface area contributed by atoms with Crippen LogP contribution in [0.5, 0.6) is 5.75 Å². The molecule has 0 aliphatic heterocycles. The summed E-state index contributed by atoms with van der Waals surface area (Å²) in [5, 5.41) is 0. The van der Waals surface area contributed by atoms with Gasteiger partial charge >= 0.3 is 0 Å². The van der Waals surface area contributed by atoms with Crippen LogP contribution in [0.25, 0.3) is 0 Å². The van der Waals surface area contributed by atoms with Crippen LogP contribution in [0.1, 0.15) is 45.6 Å². The van der Waals surface area contributed by atoms with Crippen molar-refractivity contribution in [2.24, 2.45) is 11.7 Å². The van der Waals surface area contributed by atoms with Crippen LogP contribution in [0.4, 0.5) is 0 Å². The second-order valence-electron chi connectivity index (χ2n) is 6.36. The maximum atomic E-state index is 6.13. The molecule has 1 aromatic carbocycles. The Bertz CT molecular complexity index is 394. The zero-order chi connectivity index (χ0) is 13.2. The lowest BCUT2D eigenvalue weighted by Crippen LogP contribution is -2.27. The van der Waals surface area contributed by atoms with Gasteiger partial charge in [-0.3, -0.25) is 0 Å². The van der Waals surface area contributed by atoms with Crippen molar-refractivity contribution in [3.8, 4) is 5.75 Å². The van der Waals surface area contributed by atoms with E-state index >= 15 is 0 Å². The van der Waals surface area contributed by atoms with E-state index in [2.05, 4.69) is 45.0 Å². The second kappa shape index (κ2) is 5.31. The van der Waals surface area contributed by atoms with Crippen molar-refractivity contribution in [3.05, 3.63) is 29.8 Å². The smallest absolute Gasteiger partial charge is 0.120 e. The van der Waals surface area contributed by atoms with Crippen LogP contribution in [0.3, 0.4) is 0 Å². The van der Waals surface area contributed by atoms with Gasteiger partial charge in [-0.15, -0.1) is 0 Å². The highest BCUT2D eigenvalue weighted by molar-refractivity contribution is 5.32. The molecule has 2 atom stereocenters. The molecule has 0 spiro atoms. The van der Waals surface area contributed by atoms with E-state index in [1.165, 1.54) is 18.4 Å². The average Bonchev–Trinajstić information content (AvgIpc) is 2.75. The molecule has 1 aromatic rings. The minimum absolute atomic E-state index is 0.169. The van der Waals surface area contributed by atoms with Crippen LogP contribution < -0.4 is 10.5 Å². The Morgan fingerprint density at radius 1 is 1.28 bits per heavy atom. The average molecular weight is 247 g/mol. The maximum Gasteiger partial charge on any atom is 0.120 e. The predicted octanol–water partition coefficient (Wildman–Crippen LogP) is 3.49. The number of rotatable bonds is 3. The van der Waals surface area contributed by atoms with Crippen molar-refractivity contribution in [1.29, 1.82) is 0 Å². The van der Waals surface area contributed by atoms with Gasteiger partial charge in [0.25, 0.3) is 0 Å². The van der Waals surface area contributed by atoms with Gasteiger partial charge in [0.15, 0.2) is 0 Å². The van der Waals surface area contributed by atoms with E-state index in [-0.39, 0.29) is 5.41 Å². The molecule has 100 valence electrons. The molecule has 2 rings (SSSR count). The van der Waals surface area contributed by atoms with Crippen molar-refractivity contribution in [2.75, 3.05) is 6.54 Å². The Balaban J connectivity index is 2.10. The van der Waals surface area contributed by atoms with Crippen LogP contribution >= 0.6 is 0 Å². The van der Waals surface area contributed by atoms with E-state index in [1.54, 1.807) is 0 Å². The van der Waals surface area contributed by atoms with Gasteiger partial charge in [-0.25, -0.2) is 0 Å². The molecule has 1 aliphatic rings. The zero-order valence-electron chi connectivity index (χ0n) is 11.8. The molecular weight excluding hydrogens is 222 g/mol. The number of benzene rings is 1. The summed E-state index contributed by atoms with van der Waals surface area (Å²) in [6.45, 7) is 7.42. The largest absolute Gasteiger partial charge is 0.490 e. The molecule has 2 nitrogen and oxygen atoms in total. The molecule has 0 amide bonds. The zero-order valence-corrected chi connectivity index (χ0v) is 11.8. The molecule has 1 saturated carbocycles. The fraction of sp³-hybridized carbons (Fsp3) is 0.625. The minimum Gasteiger partial charge on any atom is -0.490 e. The Labute approximate surface area is 111 Å². The van der Waals surface area contributed by atoms with Gasteiger partial charge in [0, 0.05) is 5.92 Å². The summed E-state index contributed by atoms with van der Waals surface area (Å²) < 4.78 is 6.13. The fourth-order valence-electron chi connectivity index (χ4n) is 2.64. The maximum absolute atomic E-state index is 6.13. The van der Waals surface area contributed by atoms with Crippen LogP contribution in [0.2, 0.25) is 0 Å². The summed E-state index contributed by atoms with van der Waals surface area (Å²) in [6, 6.07) is 8.48. The quantitative estimate of drug-likeness (QED) is 0.887. The molecule has 2 unspecified atom stereocenters. The van der Waals surface area contributed by atoms with Crippen LogP contribution in [-0.2, 0) is 5.41 Å². The fourth-order valence-corrected chi connectivity index (χ4v) is 2.64. The molecule has 1 fully saturated rings. The topological polar surface area (TPSA) is 35.2 Å². The molecule has 1 aliphatic carbocycles. The molecule has 0 bridgehead atoms. The van der Waals surface area contributed by atoms with Crippen molar-refractivity contribution in [3.63, 3.8) is 0 Å². The first-order chi connectivity index (χ1) is 8.50. The van der Waals surface area contributed by atoms with Gasteiger partial charge < -0.3 is 10.5 Å². The highest BCUT2D eigenvalue weighted by atomic mass is 16.5. The van der Waals surface area contributed by atoms with E-state index in [0.717, 1.165) is 18.7 Å². The Morgan fingerprint density at radius 2 is 2.06 bits per heavy atom. The number of ether oxygens (including phenoxy) is 1. The van der Waals surface area contributed by atoms with Gasteiger partial charge in [-0.1, -0.05) is 32.9 Å². The normalized spacial score (nSPS) is 24.2. The lowest BCUT2D eigenvalue weighted by Gasteiger charge is -2.23. The van der Waals surface area contributed by atoms with E-state index < -0.39 is 0 Å². The van der Waals surface area contributed by atoms with Crippen molar-refractivity contribution < 1.29 is 4.74 Å². The summed E-state index contributed by atoms with van der Waals surface area (Å²) in [5.41, 5.74) is 7.29. The first-order valence-electron chi connectivity index (χ1n) is 6.98. The Kier molecular flexibility index (Phi) is 3.96. The lowest BCUT2D eigenvalue weighted by molar-refractivity contribution is 0.162. The van der Waals surface area contributed by atoms with Crippen molar-refractivity contribution in [1.82, 2.24) is 0 Å². The standard InChI is InChI=1S/C16H25NO/c1-16(2,3)13-7-5-8-14(10-13)18-15-9-4-6-12(15)11-17/h5,7-8,10,12,15H,4,6,9,11,17H2,1-3H3. The monoisotopic (exact) mass is 247 g/mol. The predicted molar refractivity (Wildman–Crippen MR) is 76.0 cm³/mol. The number of hydrogen-bond acceptors (Lipinski definition) is 2. The third-order valence-electron chi connectivity index (χ3n) is 3.88. The van der Waals surface area contributed by atoms with Gasteiger partial charge in [-0.2, -0.15) is 0 Å². The van der Waals surface area contributed by atoms with Gasteiger partial charge in [0.05, 0.1) is 0 Å². The molecular formula is C16H25NO. The number of hydrogen-bond donors (Lipinski definition) is 1. The SMILES string of the molecule is CC(C)(C)c1cccc(OC2CCCC2CN)c1. The van der Waals surface area contributed by atoms with E-state index in [9.17, 15) is 0 Å². The third-order valence-corrected chi connectivity index (χ3v) is 3.88. The van der Waals surface area contributed by atoms with E-state index in [4.69, 9.17) is 10.5 Å². The summed E-state index contributed by atoms with van der Waals surface area (Å²) in [4.78, 5) is 0. The summed E-state index contributed by atoms with van der Waals surface area (Å²) in [5.74, 6) is 1.52. The van der Waals surface area contributed by atoms with Crippen LogP contribution in [-0.4, -0.2) is 12.6 Å². The van der Waals surface area contributed by atoms with Crippen LogP contribution in [0.15, 0.2) is 24.3 Å². The third kappa shape index (κ3) is 3.05. The summed E-state index contributed by atoms with van der Waals surface area (Å²) in [7, 11) is 0. The van der Waals surface area contributed by atoms with Crippen molar-refractivity contribution in [2.45, 2.75) is 51.6 Å². The molecule has 0 saturated heterocycles. The molecule has 2 heteroatoms. The van der Waals surface area contributed by atoms with E-state index in [0.29, 0.717) is 12.0 Å². The molecule has 18 heavy (non-hydrogen) atoms. The molecule has 2 N–H and O–H groups in total. The van der Waals surface area contributed by atoms with Crippen LogP contribution in [0, 0.1) is 5.92 Å². The Morgan fingerprint density at radius 3 is 2.72 bits per heavy atom. The molecule has 0 aromatic heterocycles. The molecule has 0 radical (unpaired) electrons. The van der Waals surface area contributed by atoms with Gasteiger partial charge in [0.1, 0.15) is 11.9 Å². The number of nitrogens with two attached hydrogens (primary N) is 1. The molecule has 0 heterocycles. The Hall–Kier alpha value is -1.02. The first-order valence-corrected chi connectivity index (χ1v) is 6.98. The van der Waals surface area contributed by atoms with Gasteiger partial charge in [0.2, 0.25) is 0 Å². The first kappa shape index (κ1) is 13.4. The van der Waals surface area contributed by atoms with Crippen molar-refractivity contribution >= 4 is 0 Å². The summed E-state index contributed by atoms with van der Waals surface area (Å²) >= 11 is 0. The lowest BCUT2D eigenvalue weighted by atomic mass is 9.87. The highest BCUT2D eigenvalue weighted by Gasteiger charge is 2.28. The minimum atomic E-state index is 0.169. The van der Waals surface area contributed by atoms with Gasteiger partial charge in [-0.05, 0) is 48.9 Å².